The number of carboxylic acid groups (broad SMARTS) is 1. The third kappa shape index (κ3) is 5.75. The number of carbonyl (C=O) groups excluding carboxylic acids is 1. The molecule has 0 aliphatic heterocycles. The van der Waals surface area contributed by atoms with Gasteiger partial charge in [-0.3, -0.25) is 9.59 Å². The highest BCUT2D eigenvalue weighted by Crippen LogP contribution is 2.26. The highest BCUT2D eigenvalue weighted by atomic mass is 35.5. The van der Waals surface area contributed by atoms with E-state index < -0.39 is 5.97 Å². The van der Waals surface area contributed by atoms with Crippen molar-refractivity contribution in [1.82, 2.24) is 9.97 Å². The van der Waals surface area contributed by atoms with Gasteiger partial charge in [0.1, 0.15) is 16.8 Å². The van der Waals surface area contributed by atoms with Gasteiger partial charge in [0.25, 0.3) is 5.91 Å². The number of aromatic nitrogens is 2. The number of nitrogens with zero attached hydrogens (tertiary/aromatic N) is 3. The van der Waals surface area contributed by atoms with Crippen molar-refractivity contribution in [1.29, 1.82) is 0 Å². The predicted octanol–water partition coefficient (Wildman–Crippen LogP) is 5.21. The first-order chi connectivity index (χ1) is 16.8. The molecule has 0 fully saturated rings. The average Bonchev–Trinajstić information content (AvgIpc) is 2.85. The van der Waals surface area contributed by atoms with Gasteiger partial charge in [0, 0.05) is 36.8 Å². The van der Waals surface area contributed by atoms with E-state index in [1.807, 2.05) is 85.6 Å². The lowest BCUT2D eigenvalue weighted by Crippen LogP contribution is -2.22. The first-order valence-corrected chi connectivity index (χ1v) is 11.6. The van der Waals surface area contributed by atoms with Crippen LogP contribution in [0, 0.1) is 0 Å². The number of halogens is 1. The van der Waals surface area contributed by atoms with E-state index >= 15 is 0 Å². The fraction of sp³-hybridized carbons (Fsp3) is 0.185. The molecule has 0 atom stereocenters. The molecule has 1 aromatic heterocycles. The molecule has 0 unspecified atom stereocenters. The summed E-state index contributed by atoms with van der Waals surface area (Å²) in [6.07, 6.45) is 0.168. The number of carbonyl (C=O) groups is 2. The molecule has 1 amide bonds. The average molecular weight is 489 g/mol. The van der Waals surface area contributed by atoms with E-state index in [0.29, 0.717) is 41.4 Å². The fourth-order valence-corrected chi connectivity index (χ4v) is 4.01. The summed E-state index contributed by atoms with van der Waals surface area (Å²) in [7, 11) is 1.83. The zero-order valence-electron chi connectivity index (χ0n) is 19.5. The van der Waals surface area contributed by atoms with Crippen LogP contribution in [0.1, 0.15) is 34.2 Å². The molecule has 8 heteroatoms. The summed E-state index contributed by atoms with van der Waals surface area (Å²) in [4.78, 5) is 34.7. The normalized spacial score (nSPS) is 10.8. The van der Waals surface area contributed by atoms with Crippen LogP contribution in [0.5, 0.6) is 0 Å². The standard InChI is InChI=1S/C27H25ClN4O3/c1-3-32(2)26-22(16-24(33)34)25(28)30-23(31-26)14-17-8-12-21(13-9-17)29-27(35)20-11-10-18-6-4-5-7-19(18)15-20/h4-13,15H,3,14,16H2,1-2H3,(H,29,35)(H,33,34). The Morgan fingerprint density at radius 2 is 1.71 bits per heavy atom. The van der Waals surface area contributed by atoms with Crippen molar-refractivity contribution in [3.63, 3.8) is 0 Å². The number of amides is 1. The lowest BCUT2D eigenvalue weighted by molar-refractivity contribution is -0.136. The van der Waals surface area contributed by atoms with E-state index in [1.165, 1.54) is 0 Å². The SMILES string of the molecule is CCN(C)c1nc(Cc2ccc(NC(=O)c3ccc4ccccc4c3)cc2)nc(Cl)c1CC(=O)O. The molecule has 7 nitrogen and oxygen atoms in total. The number of hydrogen-bond acceptors (Lipinski definition) is 5. The Balaban J connectivity index is 1.49. The molecule has 4 aromatic rings. The lowest BCUT2D eigenvalue weighted by Gasteiger charge is -2.20. The molecule has 0 bridgehead atoms. The molecule has 178 valence electrons. The highest BCUT2D eigenvalue weighted by molar-refractivity contribution is 6.30. The molecule has 3 aromatic carbocycles. The largest absolute Gasteiger partial charge is 0.481 e. The second-order valence-electron chi connectivity index (χ2n) is 8.21. The summed E-state index contributed by atoms with van der Waals surface area (Å²) in [5, 5.41) is 14.4. The second-order valence-corrected chi connectivity index (χ2v) is 8.57. The summed E-state index contributed by atoms with van der Waals surface area (Å²) in [6.45, 7) is 2.59. The van der Waals surface area contributed by atoms with Crippen LogP contribution in [0.2, 0.25) is 5.15 Å². The third-order valence-electron chi connectivity index (χ3n) is 5.73. The van der Waals surface area contributed by atoms with E-state index in [2.05, 4.69) is 15.3 Å². The van der Waals surface area contributed by atoms with Crippen LogP contribution in [-0.4, -0.2) is 40.5 Å². The smallest absolute Gasteiger partial charge is 0.308 e. The Labute approximate surface area is 208 Å². The first-order valence-electron chi connectivity index (χ1n) is 11.2. The van der Waals surface area contributed by atoms with Crippen molar-refractivity contribution < 1.29 is 14.7 Å². The van der Waals surface area contributed by atoms with Gasteiger partial charge < -0.3 is 15.3 Å². The number of carboxylic acids is 1. The molecule has 35 heavy (non-hydrogen) atoms. The Bertz CT molecular complexity index is 1390. The van der Waals surface area contributed by atoms with Crippen LogP contribution in [0.3, 0.4) is 0 Å². The first kappa shape index (κ1) is 24.2. The number of anilines is 2. The number of hydrogen-bond donors (Lipinski definition) is 2. The van der Waals surface area contributed by atoms with Crippen LogP contribution in [-0.2, 0) is 17.6 Å². The van der Waals surface area contributed by atoms with E-state index in [9.17, 15) is 14.7 Å². The Morgan fingerprint density at radius 1 is 1.00 bits per heavy atom. The topological polar surface area (TPSA) is 95.4 Å². The number of benzene rings is 3. The predicted molar refractivity (Wildman–Crippen MR) is 138 cm³/mol. The number of nitrogens with one attached hydrogen (secondary N) is 1. The van der Waals surface area contributed by atoms with Gasteiger partial charge >= 0.3 is 5.97 Å². The van der Waals surface area contributed by atoms with Crippen LogP contribution >= 0.6 is 11.6 Å². The molecular weight excluding hydrogens is 464 g/mol. The van der Waals surface area contributed by atoms with Crippen molar-refractivity contribution in [2.45, 2.75) is 19.8 Å². The van der Waals surface area contributed by atoms with Gasteiger partial charge in [-0.1, -0.05) is 54.1 Å². The van der Waals surface area contributed by atoms with E-state index in [-0.39, 0.29) is 17.5 Å². The van der Waals surface area contributed by atoms with Gasteiger partial charge in [-0.25, -0.2) is 9.97 Å². The summed E-state index contributed by atoms with van der Waals surface area (Å²) in [5.74, 6) is -0.160. The maximum atomic E-state index is 12.7. The maximum absolute atomic E-state index is 12.7. The van der Waals surface area contributed by atoms with E-state index in [1.54, 1.807) is 0 Å². The van der Waals surface area contributed by atoms with Crippen molar-refractivity contribution in [2.75, 3.05) is 23.8 Å². The quantitative estimate of drug-likeness (QED) is 0.330. The highest BCUT2D eigenvalue weighted by Gasteiger charge is 2.18. The van der Waals surface area contributed by atoms with Crippen molar-refractivity contribution >= 4 is 45.8 Å². The molecule has 2 N–H and O–H groups in total. The van der Waals surface area contributed by atoms with Crippen LogP contribution in [0.25, 0.3) is 10.8 Å². The summed E-state index contributed by atoms with van der Waals surface area (Å²) < 4.78 is 0. The molecular formula is C27H25ClN4O3. The number of aliphatic carboxylic acids is 1. The minimum Gasteiger partial charge on any atom is -0.481 e. The third-order valence-corrected chi connectivity index (χ3v) is 6.04. The lowest BCUT2D eigenvalue weighted by atomic mass is 10.1. The number of rotatable bonds is 8. The second kappa shape index (κ2) is 10.5. The van der Waals surface area contributed by atoms with E-state index in [0.717, 1.165) is 16.3 Å². The molecule has 0 aliphatic rings. The summed E-state index contributed by atoms with van der Waals surface area (Å²) in [6, 6.07) is 21.0. The summed E-state index contributed by atoms with van der Waals surface area (Å²) >= 11 is 6.33. The van der Waals surface area contributed by atoms with Gasteiger partial charge in [0.2, 0.25) is 0 Å². The zero-order valence-corrected chi connectivity index (χ0v) is 20.2. The van der Waals surface area contributed by atoms with Gasteiger partial charge in [0.15, 0.2) is 0 Å². The number of fused-ring (bicyclic) bond motifs is 1. The molecule has 0 radical (unpaired) electrons. The van der Waals surface area contributed by atoms with Gasteiger partial charge in [-0.2, -0.15) is 0 Å². The minimum absolute atomic E-state index is 0.145. The molecule has 0 saturated heterocycles. The summed E-state index contributed by atoms with van der Waals surface area (Å²) in [5.41, 5.74) is 2.60. The maximum Gasteiger partial charge on any atom is 0.308 e. The Hall–Kier alpha value is -3.97. The van der Waals surface area contributed by atoms with Crippen LogP contribution < -0.4 is 10.2 Å². The molecule has 0 spiro atoms. The fourth-order valence-electron chi connectivity index (χ4n) is 3.76. The molecule has 4 rings (SSSR count). The van der Waals surface area contributed by atoms with E-state index in [4.69, 9.17) is 11.6 Å². The molecule has 1 heterocycles. The van der Waals surface area contributed by atoms with Crippen molar-refractivity contribution in [2.24, 2.45) is 0 Å². The van der Waals surface area contributed by atoms with Crippen LogP contribution in [0.15, 0.2) is 66.7 Å². The van der Waals surface area contributed by atoms with Crippen molar-refractivity contribution in [3.05, 3.63) is 94.4 Å². The Kier molecular flexibility index (Phi) is 7.27. The van der Waals surface area contributed by atoms with Gasteiger partial charge in [-0.05, 0) is 47.5 Å². The molecule has 0 aliphatic carbocycles. The Morgan fingerprint density at radius 3 is 2.40 bits per heavy atom. The van der Waals surface area contributed by atoms with Crippen molar-refractivity contribution in [3.8, 4) is 0 Å². The zero-order chi connectivity index (χ0) is 24.9. The monoisotopic (exact) mass is 488 g/mol. The van der Waals surface area contributed by atoms with Crippen LogP contribution in [0.4, 0.5) is 11.5 Å². The minimum atomic E-state index is -0.990. The van der Waals surface area contributed by atoms with Gasteiger partial charge in [-0.15, -0.1) is 0 Å². The van der Waals surface area contributed by atoms with Gasteiger partial charge in [0.05, 0.1) is 6.42 Å². The molecule has 0 saturated carbocycles.